The Labute approximate surface area is 250 Å². The minimum absolute atomic E-state index is 0.0554. The maximum absolute atomic E-state index is 14.2. The second-order valence-electron chi connectivity index (χ2n) is 9.59. The number of ether oxygens (including phenoxy) is 2. The summed E-state index contributed by atoms with van der Waals surface area (Å²) < 4.78 is 53.8. The molecule has 234 valence electrons. The van der Waals surface area contributed by atoms with Crippen molar-refractivity contribution in [1.82, 2.24) is 30.2 Å². The van der Waals surface area contributed by atoms with Crippen molar-refractivity contribution in [3.05, 3.63) is 35.7 Å². The Morgan fingerprint density at radius 1 is 1.14 bits per heavy atom. The van der Waals surface area contributed by atoms with Crippen LogP contribution in [0, 0.1) is 11.8 Å². The van der Waals surface area contributed by atoms with Gasteiger partial charge in [-0.25, -0.2) is 19.3 Å². The minimum Gasteiger partial charge on any atom is -0.453 e. The van der Waals surface area contributed by atoms with E-state index < -0.39 is 17.8 Å². The number of carbonyl (C=O) groups is 3. The lowest BCUT2D eigenvalue weighted by Gasteiger charge is -2.28. The number of Topliss-reactive ketones (excluding diaryl/α,β-unsaturated/α-hetero) is 1. The molecule has 0 unspecified atom stereocenters. The fraction of sp³-hybridized carbons (Fsp3) is 0.429. The summed E-state index contributed by atoms with van der Waals surface area (Å²) in [6, 6.07) is 2.54. The van der Waals surface area contributed by atoms with E-state index in [4.69, 9.17) is 4.74 Å². The van der Waals surface area contributed by atoms with E-state index in [1.807, 2.05) is 11.0 Å². The number of pyridine rings is 1. The van der Waals surface area contributed by atoms with Crippen LogP contribution in [0.5, 0.6) is 0 Å². The number of aromatic nitrogens is 4. The molecule has 0 aromatic carbocycles. The number of halogens is 3. The Morgan fingerprint density at radius 3 is 2.61 bits per heavy atom. The second-order valence-corrected chi connectivity index (χ2v) is 9.59. The highest BCUT2D eigenvalue weighted by atomic mass is 19.4. The van der Waals surface area contributed by atoms with Crippen LogP contribution in [-0.2, 0) is 31.8 Å². The molecule has 3 N–H and O–H groups in total. The zero-order valence-electron chi connectivity index (χ0n) is 24.1. The summed E-state index contributed by atoms with van der Waals surface area (Å²) >= 11 is 0. The molecule has 1 aliphatic rings. The van der Waals surface area contributed by atoms with Gasteiger partial charge in [-0.2, -0.15) is 13.2 Å². The number of hydrogen-bond acceptors (Lipinski definition) is 10. The van der Waals surface area contributed by atoms with Gasteiger partial charge in [0, 0.05) is 58.0 Å². The summed E-state index contributed by atoms with van der Waals surface area (Å²) in [6.45, 7) is 4.51. The van der Waals surface area contributed by atoms with E-state index >= 15 is 0 Å². The first kappa shape index (κ1) is 32.2. The number of rotatable bonds is 11. The quantitative estimate of drug-likeness (QED) is 0.166. The van der Waals surface area contributed by atoms with Gasteiger partial charge >= 0.3 is 12.3 Å². The predicted octanol–water partition coefficient (Wildman–Crippen LogP) is 2.40. The third kappa shape index (κ3) is 8.42. The van der Waals surface area contributed by atoms with Crippen LogP contribution in [0.25, 0.3) is 16.9 Å². The Kier molecular flexibility index (Phi) is 10.7. The largest absolute Gasteiger partial charge is 0.453 e. The molecule has 2 amide bonds. The van der Waals surface area contributed by atoms with E-state index in [9.17, 15) is 27.6 Å². The average molecular weight is 617 g/mol. The van der Waals surface area contributed by atoms with Gasteiger partial charge in [0.25, 0.3) is 0 Å². The Bertz CT molecular complexity index is 1570. The molecule has 44 heavy (non-hydrogen) atoms. The van der Waals surface area contributed by atoms with E-state index in [0.29, 0.717) is 63.3 Å². The van der Waals surface area contributed by atoms with E-state index in [1.54, 1.807) is 13.1 Å². The Hall–Kier alpha value is -4.75. The first-order valence-corrected chi connectivity index (χ1v) is 13.7. The molecule has 0 bridgehead atoms. The van der Waals surface area contributed by atoms with Crippen molar-refractivity contribution in [3.8, 4) is 23.2 Å². The topological polar surface area (TPSA) is 152 Å². The van der Waals surface area contributed by atoms with Gasteiger partial charge in [-0.1, -0.05) is 5.92 Å². The molecule has 3 aromatic rings. The summed E-state index contributed by atoms with van der Waals surface area (Å²) in [4.78, 5) is 45.3. The van der Waals surface area contributed by atoms with Crippen LogP contribution in [0.2, 0.25) is 0 Å². The van der Waals surface area contributed by atoms with Crippen molar-refractivity contribution in [2.75, 3.05) is 56.7 Å². The van der Waals surface area contributed by atoms with Crippen LogP contribution in [0.4, 0.5) is 29.6 Å². The maximum Gasteiger partial charge on any atom is 0.417 e. The van der Waals surface area contributed by atoms with Gasteiger partial charge in [-0.05, 0) is 30.5 Å². The molecule has 3 aromatic heterocycles. The molecule has 0 spiro atoms. The predicted molar refractivity (Wildman–Crippen MR) is 153 cm³/mol. The van der Waals surface area contributed by atoms with Crippen LogP contribution >= 0.6 is 0 Å². The first-order chi connectivity index (χ1) is 21.1. The van der Waals surface area contributed by atoms with Crippen LogP contribution in [0.15, 0.2) is 24.5 Å². The number of carbonyl (C=O) groups excluding carboxylic acids is 3. The minimum atomic E-state index is -4.80. The number of morpholine rings is 1. The second kappa shape index (κ2) is 14.6. The van der Waals surface area contributed by atoms with E-state index in [1.165, 1.54) is 4.52 Å². The van der Waals surface area contributed by atoms with Gasteiger partial charge in [0.15, 0.2) is 11.6 Å². The highest BCUT2D eigenvalue weighted by molar-refractivity contribution is 5.97. The molecular formula is C28H31F3N8O5. The lowest BCUT2D eigenvalue weighted by Crippen LogP contribution is -2.37. The normalized spacial score (nSPS) is 13.2. The Morgan fingerprint density at radius 2 is 1.91 bits per heavy atom. The number of ketones is 1. The average Bonchev–Trinajstić information content (AvgIpc) is 3.42. The summed E-state index contributed by atoms with van der Waals surface area (Å²) in [5, 5.41) is 12.5. The van der Waals surface area contributed by atoms with Crippen molar-refractivity contribution in [3.63, 3.8) is 0 Å². The number of alkyl halides is 3. The standard InChI is InChI=1S/C28H31F3N8O5/c1-3-4-19(40)5-6-24(41)33-8-7-32-15-18-13-22-26(38-9-11-44-12-10-38)36-25(37-39(22)17-18)20-16-34-23(35-27(42)43-2)14-21(20)28(29,30)31/h13-14,16-17,32H,5-12,15H2,1-2H3,(H,33,41)(H,34,35,42). The lowest BCUT2D eigenvalue weighted by atomic mass is 10.1. The molecule has 4 heterocycles. The summed E-state index contributed by atoms with van der Waals surface area (Å²) in [7, 11) is 1.08. The molecule has 4 rings (SSSR count). The van der Waals surface area contributed by atoms with Gasteiger partial charge < -0.3 is 25.0 Å². The van der Waals surface area contributed by atoms with Gasteiger partial charge in [-0.15, -0.1) is 5.10 Å². The van der Waals surface area contributed by atoms with Crippen molar-refractivity contribution in [2.45, 2.75) is 32.5 Å². The number of hydrogen-bond donors (Lipinski definition) is 3. The number of nitrogens with one attached hydrogen (secondary N) is 3. The van der Waals surface area contributed by atoms with Crippen molar-refractivity contribution in [1.29, 1.82) is 0 Å². The van der Waals surface area contributed by atoms with Crippen molar-refractivity contribution >= 4 is 34.9 Å². The van der Waals surface area contributed by atoms with E-state index in [0.717, 1.165) is 18.9 Å². The highest BCUT2D eigenvalue weighted by Crippen LogP contribution is 2.37. The van der Waals surface area contributed by atoms with Crippen LogP contribution in [-0.4, -0.2) is 83.9 Å². The third-order valence-corrected chi connectivity index (χ3v) is 6.47. The molecule has 16 heteroatoms. The fourth-order valence-corrected chi connectivity index (χ4v) is 4.39. The SMILES string of the molecule is CC#CC(=O)CCC(=O)NCCNCc1cc2c(N3CCOCC3)nc(-c3cnc(NC(=O)OC)cc3C(F)(F)F)nn2c1. The number of nitrogens with zero attached hydrogens (tertiary/aromatic N) is 5. The lowest BCUT2D eigenvalue weighted by molar-refractivity contribution is -0.137. The molecule has 0 atom stereocenters. The monoisotopic (exact) mass is 616 g/mol. The van der Waals surface area contributed by atoms with Crippen LogP contribution in [0.1, 0.15) is 30.9 Å². The zero-order chi connectivity index (χ0) is 31.7. The maximum atomic E-state index is 14.2. The Balaban J connectivity index is 1.55. The number of amides is 2. The van der Waals surface area contributed by atoms with Crippen molar-refractivity contribution < 1.29 is 37.0 Å². The number of fused-ring (bicyclic) bond motifs is 1. The highest BCUT2D eigenvalue weighted by Gasteiger charge is 2.36. The smallest absolute Gasteiger partial charge is 0.417 e. The van der Waals surface area contributed by atoms with Crippen LogP contribution in [0.3, 0.4) is 0 Å². The summed E-state index contributed by atoms with van der Waals surface area (Å²) in [5.41, 5.74) is -0.0688. The molecular weight excluding hydrogens is 585 g/mol. The molecule has 0 saturated carbocycles. The van der Waals surface area contributed by atoms with Crippen molar-refractivity contribution in [2.24, 2.45) is 0 Å². The summed E-state index contributed by atoms with van der Waals surface area (Å²) in [5.74, 6) is 4.24. The van der Waals surface area contributed by atoms with E-state index in [-0.39, 0.29) is 41.7 Å². The van der Waals surface area contributed by atoms with Gasteiger partial charge in [0.2, 0.25) is 11.7 Å². The molecule has 0 radical (unpaired) electrons. The zero-order valence-corrected chi connectivity index (χ0v) is 24.1. The van der Waals surface area contributed by atoms with E-state index in [2.05, 4.69) is 47.6 Å². The molecule has 13 nitrogen and oxygen atoms in total. The van der Waals surface area contributed by atoms with Gasteiger partial charge in [0.1, 0.15) is 11.3 Å². The number of anilines is 2. The number of methoxy groups -OCH3 is 1. The first-order valence-electron chi connectivity index (χ1n) is 13.7. The summed E-state index contributed by atoms with van der Waals surface area (Å²) in [6.07, 6.45) is -3.00. The molecule has 1 aliphatic heterocycles. The van der Waals surface area contributed by atoms with Crippen LogP contribution < -0.4 is 20.9 Å². The molecule has 1 fully saturated rings. The van der Waals surface area contributed by atoms with Gasteiger partial charge in [-0.3, -0.25) is 14.9 Å². The molecule has 1 saturated heterocycles. The van der Waals surface area contributed by atoms with Gasteiger partial charge in [0.05, 0.1) is 31.5 Å². The fourth-order valence-electron chi connectivity index (χ4n) is 4.39. The third-order valence-electron chi connectivity index (χ3n) is 6.47. The molecule has 0 aliphatic carbocycles.